The van der Waals surface area contributed by atoms with Gasteiger partial charge in [0, 0.05) is 25.1 Å². The normalized spacial score (nSPS) is 18.1. The van der Waals surface area contributed by atoms with E-state index < -0.39 is 11.7 Å². The number of piperidine rings is 1. The lowest BCUT2D eigenvalue weighted by molar-refractivity contribution is -0.137. The van der Waals surface area contributed by atoms with E-state index >= 15 is 0 Å². The Labute approximate surface area is 155 Å². The molecular formula is C19H22F3N3O2. The minimum absolute atomic E-state index is 0.0504. The Kier molecular flexibility index (Phi) is 5.53. The first-order chi connectivity index (χ1) is 12.7. The number of hydrogen-bond acceptors (Lipinski definition) is 4. The standard InChI is InChI=1S/C19H22F3N3O2/c1-12(2)10-16(26)25-9-3-4-14(11-25)18-24-23-17(27-18)13-5-7-15(8-6-13)19(20,21)22/h5-8,12,14H,3-4,9-11H2,1-2H3. The topological polar surface area (TPSA) is 59.2 Å². The molecule has 1 aromatic heterocycles. The second kappa shape index (κ2) is 7.70. The molecule has 3 rings (SSSR count). The molecule has 2 aromatic rings. The molecule has 1 amide bonds. The summed E-state index contributed by atoms with van der Waals surface area (Å²) >= 11 is 0. The van der Waals surface area contributed by atoms with Crippen LogP contribution in [0.5, 0.6) is 0 Å². The van der Waals surface area contributed by atoms with Gasteiger partial charge in [-0.25, -0.2) is 0 Å². The number of alkyl halides is 3. The lowest BCUT2D eigenvalue weighted by Gasteiger charge is -2.31. The maximum absolute atomic E-state index is 12.7. The van der Waals surface area contributed by atoms with Crippen LogP contribution in [0.3, 0.4) is 0 Å². The maximum Gasteiger partial charge on any atom is 0.416 e. The molecule has 1 aromatic carbocycles. The summed E-state index contributed by atoms with van der Waals surface area (Å²) in [5.74, 6) is 0.978. The largest absolute Gasteiger partial charge is 0.420 e. The lowest BCUT2D eigenvalue weighted by atomic mass is 9.97. The molecule has 1 saturated heterocycles. The number of carbonyl (C=O) groups excluding carboxylic acids is 1. The zero-order valence-electron chi connectivity index (χ0n) is 15.3. The van der Waals surface area contributed by atoms with E-state index in [1.807, 2.05) is 18.7 Å². The zero-order chi connectivity index (χ0) is 19.6. The number of hydrogen-bond donors (Lipinski definition) is 0. The highest BCUT2D eigenvalue weighted by Crippen LogP contribution is 2.32. The molecule has 1 aliphatic heterocycles. The van der Waals surface area contributed by atoms with E-state index in [0.29, 0.717) is 30.3 Å². The van der Waals surface area contributed by atoms with E-state index in [0.717, 1.165) is 31.5 Å². The number of rotatable bonds is 4. The van der Waals surface area contributed by atoms with Gasteiger partial charge in [-0.3, -0.25) is 4.79 Å². The highest BCUT2D eigenvalue weighted by Gasteiger charge is 2.31. The summed E-state index contributed by atoms with van der Waals surface area (Å²) in [5.41, 5.74) is -0.289. The van der Waals surface area contributed by atoms with Crippen molar-refractivity contribution in [2.24, 2.45) is 5.92 Å². The van der Waals surface area contributed by atoms with Crippen molar-refractivity contribution in [3.8, 4) is 11.5 Å². The predicted octanol–water partition coefficient (Wildman–Crippen LogP) is 4.51. The first-order valence-corrected chi connectivity index (χ1v) is 9.03. The SMILES string of the molecule is CC(C)CC(=O)N1CCCC(c2nnc(-c3ccc(C(F)(F)F)cc3)o2)C1. The molecule has 27 heavy (non-hydrogen) atoms. The van der Waals surface area contributed by atoms with Crippen LogP contribution in [0.4, 0.5) is 13.2 Å². The quantitative estimate of drug-likeness (QED) is 0.782. The fraction of sp³-hybridized carbons (Fsp3) is 0.526. The zero-order valence-corrected chi connectivity index (χ0v) is 15.3. The van der Waals surface area contributed by atoms with E-state index in [2.05, 4.69) is 10.2 Å². The van der Waals surface area contributed by atoms with Crippen LogP contribution in [0, 0.1) is 5.92 Å². The average Bonchev–Trinajstić information content (AvgIpc) is 3.11. The third-order valence-electron chi connectivity index (χ3n) is 4.61. The van der Waals surface area contributed by atoms with Gasteiger partial charge in [0.1, 0.15) is 0 Å². The Morgan fingerprint density at radius 1 is 1.26 bits per heavy atom. The molecule has 5 nitrogen and oxygen atoms in total. The van der Waals surface area contributed by atoms with E-state index in [1.165, 1.54) is 12.1 Å². The van der Waals surface area contributed by atoms with E-state index in [9.17, 15) is 18.0 Å². The Morgan fingerprint density at radius 2 is 1.96 bits per heavy atom. The summed E-state index contributed by atoms with van der Waals surface area (Å²) in [6.45, 7) is 5.27. The third kappa shape index (κ3) is 4.67. The summed E-state index contributed by atoms with van der Waals surface area (Å²) in [6, 6.07) is 4.62. The number of aromatic nitrogens is 2. The molecule has 1 fully saturated rings. The molecule has 0 saturated carbocycles. The van der Waals surface area contributed by atoms with Crippen molar-refractivity contribution >= 4 is 5.91 Å². The highest BCUT2D eigenvalue weighted by atomic mass is 19.4. The summed E-state index contributed by atoms with van der Waals surface area (Å²) in [4.78, 5) is 14.1. The first-order valence-electron chi connectivity index (χ1n) is 9.03. The van der Waals surface area contributed by atoms with Gasteiger partial charge in [-0.15, -0.1) is 10.2 Å². The van der Waals surface area contributed by atoms with Crippen LogP contribution in [-0.2, 0) is 11.0 Å². The Hall–Kier alpha value is -2.38. The number of benzene rings is 1. The number of likely N-dealkylation sites (tertiary alicyclic amines) is 1. The van der Waals surface area contributed by atoms with Gasteiger partial charge in [-0.05, 0) is 43.0 Å². The summed E-state index contributed by atoms with van der Waals surface area (Å²) in [5, 5.41) is 8.04. The fourth-order valence-electron chi connectivity index (χ4n) is 3.20. The molecule has 146 valence electrons. The molecule has 2 heterocycles. The van der Waals surface area contributed by atoms with Crippen molar-refractivity contribution in [3.63, 3.8) is 0 Å². The summed E-state index contributed by atoms with van der Waals surface area (Å²) < 4.78 is 43.7. The van der Waals surface area contributed by atoms with E-state index in [-0.39, 0.29) is 17.7 Å². The van der Waals surface area contributed by atoms with E-state index in [4.69, 9.17) is 4.42 Å². The molecule has 1 unspecified atom stereocenters. The summed E-state index contributed by atoms with van der Waals surface area (Å²) in [6.07, 6.45) is -2.19. The van der Waals surface area contributed by atoms with Gasteiger partial charge >= 0.3 is 6.18 Å². The Balaban J connectivity index is 1.71. The molecule has 0 spiro atoms. The minimum Gasteiger partial charge on any atom is -0.420 e. The lowest BCUT2D eigenvalue weighted by Crippen LogP contribution is -2.39. The van der Waals surface area contributed by atoms with Crippen molar-refractivity contribution in [2.45, 2.75) is 45.2 Å². The molecule has 0 N–H and O–H groups in total. The van der Waals surface area contributed by atoms with Crippen LogP contribution in [0.1, 0.15) is 50.5 Å². The van der Waals surface area contributed by atoms with Crippen molar-refractivity contribution in [2.75, 3.05) is 13.1 Å². The molecular weight excluding hydrogens is 359 g/mol. The molecule has 0 bridgehead atoms. The van der Waals surface area contributed by atoms with Crippen LogP contribution < -0.4 is 0 Å². The second-order valence-corrected chi connectivity index (χ2v) is 7.30. The van der Waals surface area contributed by atoms with Crippen molar-refractivity contribution in [3.05, 3.63) is 35.7 Å². The minimum atomic E-state index is -4.38. The van der Waals surface area contributed by atoms with E-state index in [1.54, 1.807) is 0 Å². The molecule has 1 atom stereocenters. The van der Waals surface area contributed by atoms with Crippen molar-refractivity contribution < 1.29 is 22.4 Å². The van der Waals surface area contributed by atoms with Crippen molar-refractivity contribution in [1.29, 1.82) is 0 Å². The molecule has 0 radical (unpaired) electrons. The molecule has 1 aliphatic rings. The van der Waals surface area contributed by atoms with Crippen LogP contribution >= 0.6 is 0 Å². The number of halogens is 3. The van der Waals surface area contributed by atoms with Gasteiger partial charge < -0.3 is 9.32 Å². The predicted molar refractivity (Wildman–Crippen MR) is 92.7 cm³/mol. The number of nitrogens with zero attached hydrogens (tertiary/aromatic N) is 3. The van der Waals surface area contributed by atoms with Crippen LogP contribution in [0.2, 0.25) is 0 Å². The average molecular weight is 381 g/mol. The maximum atomic E-state index is 12.7. The fourth-order valence-corrected chi connectivity index (χ4v) is 3.20. The summed E-state index contributed by atoms with van der Waals surface area (Å²) in [7, 11) is 0. The number of carbonyl (C=O) groups is 1. The first kappa shape index (κ1) is 19.4. The van der Waals surface area contributed by atoms with Gasteiger partial charge in [0.25, 0.3) is 0 Å². The van der Waals surface area contributed by atoms with Crippen LogP contribution in [-0.4, -0.2) is 34.1 Å². The van der Waals surface area contributed by atoms with Crippen molar-refractivity contribution in [1.82, 2.24) is 15.1 Å². The van der Waals surface area contributed by atoms with Gasteiger partial charge in [0.2, 0.25) is 17.7 Å². The highest BCUT2D eigenvalue weighted by molar-refractivity contribution is 5.76. The monoisotopic (exact) mass is 381 g/mol. The molecule has 8 heteroatoms. The Bertz CT molecular complexity index is 784. The molecule has 0 aliphatic carbocycles. The number of amides is 1. The second-order valence-electron chi connectivity index (χ2n) is 7.30. The third-order valence-corrected chi connectivity index (χ3v) is 4.61. The smallest absolute Gasteiger partial charge is 0.416 e. The van der Waals surface area contributed by atoms with Gasteiger partial charge in [-0.2, -0.15) is 13.2 Å². The van der Waals surface area contributed by atoms with Gasteiger partial charge in [-0.1, -0.05) is 13.8 Å². The van der Waals surface area contributed by atoms with Gasteiger partial charge in [0.15, 0.2) is 0 Å². The van der Waals surface area contributed by atoms with Gasteiger partial charge in [0.05, 0.1) is 11.5 Å². The van der Waals surface area contributed by atoms with Crippen LogP contribution in [0.25, 0.3) is 11.5 Å². The van der Waals surface area contributed by atoms with Crippen LogP contribution in [0.15, 0.2) is 28.7 Å². The Morgan fingerprint density at radius 3 is 2.59 bits per heavy atom.